The molecule has 2 aromatic heterocycles. The Labute approximate surface area is 84.6 Å². The number of nitrogens with one attached hydrogen (secondary N) is 1. The molecular weight excluding hydrogens is 201 g/mol. The minimum atomic E-state index is -0.336. The van der Waals surface area contributed by atoms with Gasteiger partial charge in [-0.05, 0) is 6.07 Å². The van der Waals surface area contributed by atoms with E-state index in [1.54, 1.807) is 24.0 Å². The lowest BCUT2D eigenvalue weighted by atomic mass is 10.4. The summed E-state index contributed by atoms with van der Waals surface area (Å²) in [6.45, 7) is 0.589. The van der Waals surface area contributed by atoms with Crippen LogP contribution in [-0.2, 0) is 6.54 Å². The number of halogens is 1. The first-order valence-electron chi connectivity index (χ1n) is 4.07. The highest BCUT2D eigenvalue weighted by molar-refractivity contribution is 7.09. The van der Waals surface area contributed by atoms with Gasteiger partial charge in [-0.2, -0.15) is 0 Å². The van der Waals surface area contributed by atoms with Gasteiger partial charge < -0.3 is 5.32 Å². The van der Waals surface area contributed by atoms with E-state index in [0.717, 1.165) is 4.88 Å². The Morgan fingerprint density at radius 1 is 1.36 bits per heavy atom. The van der Waals surface area contributed by atoms with E-state index >= 15 is 0 Å². The second-order valence-corrected chi connectivity index (χ2v) is 3.65. The lowest BCUT2D eigenvalue weighted by Crippen LogP contribution is -1.99. The van der Waals surface area contributed by atoms with E-state index in [-0.39, 0.29) is 5.82 Å². The van der Waals surface area contributed by atoms with E-state index in [1.165, 1.54) is 17.5 Å². The third kappa shape index (κ3) is 2.05. The fourth-order valence-electron chi connectivity index (χ4n) is 1.03. The molecule has 0 unspecified atom stereocenters. The Hall–Kier alpha value is -1.49. The molecule has 2 aromatic rings. The van der Waals surface area contributed by atoms with Gasteiger partial charge in [0, 0.05) is 17.3 Å². The fraction of sp³-hybridized carbons (Fsp3) is 0.111. The standard InChI is InChI=1S/C9H8FN3S/c10-8-5-11-2-1-9(8)13-4-7-3-12-6-14-7/h1-3,5-6H,4H2,(H,11,13). The summed E-state index contributed by atoms with van der Waals surface area (Å²) >= 11 is 1.54. The van der Waals surface area contributed by atoms with Gasteiger partial charge in [0.05, 0.1) is 23.9 Å². The maximum absolute atomic E-state index is 13.1. The second-order valence-electron chi connectivity index (χ2n) is 2.68. The van der Waals surface area contributed by atoms with Crippen molar-refractivity contribution in [1.82, 2.24) is 9.97 Å². The molecule has 72 valence electrons. The number of aromatic nitrogens is 2. The fourth-order valence-corrected chi connectivity index (χ4v) is 1.56. The lowest BCUT2D eigenvalue weighted by molar-refractivity contribution is 0.624. The zero-order chi connectivity index (χ0) is 9.80. The van der Waals surface area contributed by atoms with E-state index in [2.05, 4.69) is 15.3 Å². The van der Waals surface area contributed by atoms with Crippen molar-refractivity contribution in [3.05, 3.63) is 40.9 Å². The minimum Gasteiger partial charge on any atom is -0.378 e. The summed E-state index contributed by atoms with van der Waals surface area (Å²) in [7, 11) is 0. The Kier molecular flexibility index (Phi) is 2.69. The average Bonchev–Trinajstić information content (AvgIpc) is 2.69. The number of hydrogen-bond donors (Lipinski definition) is 1. The van der Waals surface area contributed by atoms with Crippen LogP contribution in [0.4, 0.5) is 10.1 Å². The highest BCUT2D eigenvalue weighted by atomic mass is 32.1. The van der Waals surface area contributed by atoms with Crippen molar-refractivity contribution < 1.29 is 4.39 Å². The molecule has 0 saturated carbocycles. The third-order valence-corrected chi connectivity index (χ3v) is 2.49. The molecule has 0 fully saturated rings. The van der Waals surface area contributed by atoms with Crippen LogP contribution in [0.3, 0.4) is 0 Å². The van der Waals surface area contributed by atoms with Crippen LogP contribution in [-0.4, -0.2) is 9.97 Å². The van der Waals surface area contributed by atoms with Gasteiger partial charge in [-0.3, -0.25) is 9.97 Å². The number of rotatable bonds is 3. The summed E-state index contributed by atoms with van der Waals surface area (Å²) in [6, 6.07) is 1.61. The molecule has 2 rings (SSSR count). The van der Waals surface area contributed by atoms with E-state index in [4.69, 9.17) is 0 Å². The molecule has 2 heterocycles. The number of nitrogens with zero attached hydrogens (tertiary/aromatic N) is 2. The number of thiazole rings is 1. The number of anilines is 1. The van der Waals surface area contributed by atoms with Crippen molar-refractivity contribution in [2.45, 2.75) is 6.54 Å². The van der Waals surface area contributed by atoms with Crippen LogP contribution < -0.4 is 5.32 Å². The summed E-state index contributed by atoms with van der Waals surface area (Å²) in [5.74, 6) is -0.336. The van der Waals surface area contributed by atoms with Gasteiger partial charge in [-0.25, -0.2) is 4.39 Å². The zero-order valence-electron chi connectivity index (χ0n) is 7.27. The van der Waals surface area contributed by atoms with Crippen LogP contribution >= 0.6 is 11.3 Å². The zero-order valence-corrected chi connectivity index (χ0v) is 8.09. The topological polar surface area (TPSA) is 37.8 Å². The number of pyridine rings is 1. The molecule has 0 aliphatic heterocycles. The van der Waals surface area contributed by atoms with E-state index in [1.807, 2.05) is 0 Å². The summed E-state index contributed by atoms with van der Waals surface area (Å²) in [5.41, 5.74) is 2.22. The molecule has 0 radical (unpaired) electrons. The molecule has 3 nitrogen and oxygen atoms in total. The van der Waals surface area contributed by atoms with Crippen molar-refractivity contribution >= 4 is 17.0 Å². The maximum atomic E-state index is 13.1. The van der Waals surface area contributed by atoms with Gasteiger partial charge in [0.25, 0.3) is 0 Å². The van der Waals surface area contributed by atoms with Crippen molar-refractivity contribution in [2.75, 3.05) is 5.32 Å². The van der Waals surface area contributed by atoms with E-state index in [0.29, 0.717) is 12.2 Å². The van der Waals surface area contributed by atoms with Crippen LogP contribution in [0.5, 0.6) is 0 Å². The highest BCUT2D eigenvalue weighted by Crippen LogP contribution is 2.13. The van der Waals surface area contributed by atoms with Crippen LogP contribution in [0.1, 0.15) is 4.88 Å². The monoisotopic (exact) mass is 209 g/mol. The molecular formula is C9H8FN3S. The molecule has 0 amide bonds. The molecule has 14 heavy (non-hydrogen) atoms. The molecule has 5 heteroatoms. The highest BCUT2D eigenvalue weighted by Gasteiger charge is 2.00. The molecule has 0 aromatic carbocycles. The Morgan fingerprint density at radius 2 is 2.29 bits per heavy atom. The summed E-state index contributed by atoms with van der Waals surface area (Å²) in [4.78, 5) is 8.67. The molecule has 0 spiro atoms. The van der Waals surface area contributed by atoms with Crippen LogP contribution in [0.25, 0.3) is 0 Å². The van der Waals surface area contributed by atoms with Crippen molar-refractivity contribution in [2.24, 2.45) is 0 Å². The van der Waals surface area contributed by atoms with Crippen molar-refractivity contribution in [3.63, 3.8) is 0 Å². The summed E-state index contributed by atoms with van der Waals surface area (Å²) in [6.07, 6.45) is 4.50. The van der Waals surface area contributed by atoms with Gasteiger partial charge >= 0.3 is 0 Å². The largest absolute Gasteiger partial charge is 0.378 e. The van der Waals surface area contributed by atoms with Gasteiger partial charge in [-0.15, -0.1) is 11.3 Å². The maximum Gasteiger partial charge on any atom is 0.164 e. The smallest absolute Gasteiger partial charge is 0.164 e. The molecule has 0 aliphatic rings. The molecule has 1 N–H and O–H groups in total. The normalized spacial score (nSPS) is 10.1. The second kappa shape index (κ2) is 4.15. The lowest BCUT2D eigenvalue weighted by Gasteiger charge is -2.04. The van der Waals surface area contributed by atoms with Crippen LogP contribution in [0.15, 0.2) is 30.2 Å². The summed E-state index contributed by atoms with van der Waals surface area (Å²) in [5, 5.41) is 2.97. The summed E-state index contributed by atoms with van der Waals surface area (Å²) < 4.78 is 13.1. The number of hydrogen-bond acceptors (Lipinski definition) is 4. The third-order valence-electron chi connectivity index (χ3n) is 1.71. The first kappa shape index (κ1) is 9.08. The van der Waals surface area contributed by atoms with E-state index in [9.17, 15) is 4.39 Å². The predicted octanol–water partition coefficient (Wildman–Crippen LogP) is 2.29. The van der Waals surface area contributed by atoms with Gasteiger partial charge in [0.1, 0.15) is 0 Å². The first-order valence-corrected chi connectivity index (χ1v) is 4.95. The minimum absolute atomic E-state index is 0.336. The van der Waals surface area contributed by atoms with Crippen molar-refractivity contribution in [1.29, 1.82) is 0 Å². The Bertz CT molecular complexity index is 402. The van der Waals surface area contributed by atoms with Crippen molar-refractivity contribution in [3.8, 4) is 0 Å². The molecule has 0 bridgehead atoms. The molecule has 0 aliphatic carbocycles. The SMILES string of the molecule is Fc1cnccc1NCc1cncs1. The van der Waals surface area contributed by atoms with Gasteiger partial charge in [0.2, 0.25) is 0 Å². The Balaban J connectivity index is 2.02. The predicted molar refractivity (Wildman–Crippen MR) is 53.6 cm³/mol. The molecule has 0 saturated heterocycles. The molecule has 0 atom stereocenters. The van der Waals surface area contributed by atoms with Crippen LogP contribution in [0.2, 0.25) is 0 Å². The average molecular weight is 209 g/mol. The first-order chi connectivity index (χ1) is 6.86. The van der Waals surface area contributed by atoms with Crippen LogP contribution in [0, 0.1) is 5.82 Å². The Morgan fingerprint density at radius 3 is 3.00 bits per heavy atom. The van der Waals surface area contributed by atoms with Gasteiger partial charge in [0.15, 0.2) is 5.82 Å². The van der Waals surface area contributed by atoms with E-state index < -0.39 is 0 Å². The van der Waals surface area contributed by atoms with Gasteiger partial charge in [-0.1, -0.05) is 0 Å². The quantitative estimate of drug-likeness (QED) is 0.842.